The number of hydrogen-bond donors (Lipinski definition) is 0. The normalized spacial score (nSPS) is 10.8. The first-order valence-electron chi connectivity index (χ1n) is 10.5. The lowest BCUT2D eigenvalue weighted by Gasteiger charge is -2.14. The van der Waals surface area contributed by atoms with Crippen LogP contribution in [-0.4, -0.2) is 0 Å². The molecule has 0 heterocycles. The van der Waals surface area contributed by atoms with E-state index in [1.165, 1.54) is 0 Å². The molecule has 0 aliphatic rings. The first kappa shape index (κ1) is 25.0. The molecule has 0 aromatic heterocycles. The zero-order chi connectivity index (χ0) is 22.5. The van der Waals surface area contributed by atoms with Crippen molar-refractivity contribution in [2.45, 2.75) is 54.3 Å². The highest BCUT2D eigenvalue weighted by Crippen LogP contribution is 2.31. The van der Waals surface area contributed by atoms with E-state index < -0.39 is 6.17 Å². The molecule has 1 atom stereocenters. The van der Waals surface area contributed by atoms with Crippen molar-refractivity contribution >= 4 is 16.5 Å². The van der Waals surface area contributed by atoms with E-state index in [0.717, 1.165) is 16.3 Å². The van der Waals surface area contributed by atoms with Gasteiger partial charge in [0.25, 0.3) is 0 Å². The zero-order valence-corrected chi connectivity index (χ0v) is 18.8. The van der Waals surface area contributed by atoms with Crippen molar-refractivity contribution in [3.05, 3.63) is 82.2 Å². The molecular weight excluding hydrogens is 377 g/mol. The molecule has 0 fully saturated rings. The molecular formula is C25H32FN3O. The minimum absolute atomic E-state index is 0.0587. The molecule has 3 aromatic carbocycles. The summed E-state index contributed by atoms with van der Waals surface area (Å²) in [4.78, 5) is 2.90. The fourth-order valence-electron chi connectivity index (χ4n) is 2.94. The molecule has 30 heavy (non-hydrogen) atoms. The molecule has 4 nitrogen and oxygen atoms in total. The number of fused-ring (bicyclic) bond motifs is 1. The first-order valence-corrected chi connectivity index (χ1v) is 10.5. The lowest BCUT2D eigenvalue weighted by molar-refractivity contribution is 0.261. The van der Waals surface area contributed by atoms with Crippen LogP contribution in [0, 0.1) is 5.92 Å². The number of nitrogens with zero attached hydrogens (tertiary/aromatic N) is 3. The van der Waals surface area contributed by atoms with E-state index in [9.17, 15) is 4.39 Å². The average molecular weight is 410 g/mol. The SMILES string of the molecule is CC.CC.CC(C)C(F)c1ccc(OCc2cccc3cccc(N=[N+]=[N-])c23)cc1. The van der Waals surface area contributed by atoms with Gasteiger partial charge in [0.2, 0.25) is 0 Å². The van der Waals surface area contributed by atoms with Crippen molar-refractivity contribution in [1.82, 2.24) is 0 Å². The monoisotopic (exact) mass is 409 g/mol. The zero-order valence-electron chi connectivity index (χ0n) is 18.8. The number of rotatable bonds is 6. The predicted octanol–water partition coefficient (Wildman–Crippen LogP) is 9.08. The maximum atomic E-state index is 14.1. The lowest BCUT2D eigenvalue weighted by Crippen LogP contribution is -2.01. The van der Waals surface area contributed by atoms with Gasteiger partial charge >= 0.3 is 0 Å². The maximum absolute atomic E-state index is 14.1. The second-order valence-electron chi connectivity index (χ2n) is 6.49. The summed E-state index contributed by atoms with van der Waals surface area (Å²) < 4.78 is 19.9. The molecule has 0 N–H and O–H groups in total. The van der Waals surface area contributed by atoms with Crippen LogP contribution >= 0.6 is 0 Å². The number of azide groups is 1. The highest BCUT2D eigenvalue weighted by molar-refractivity contribution is 5.95. The van der Waals surface area contributed by atoms with Gasteiger partial charge in [-0.25, -0.2) is 4.39 Å². The molecule has 3 rings (SSSR count). The molecule has 0 aliphatic carbocycles. The van der Waals surface area contributed by atoms with Crippen molar-refractivity contribution in [3.63, 3.8) is 0 Å². The van der Waals surface area contributed by atoms with Gasteiger partial charge in [0.15, 0.2) is 0 Å². The summed E-state index contributed by atoms with van der Waals surface area (Å²) in [5.74, 6) is 0.611. The van der Waals surface area contributed by atoms with Gasteiger partial charge in [0.1, 0.15) is 18.5 Å². The molecule has 5 heteroatoms. The molecule has 0 aliphatic heterocycles. The highest BCUT2D eigenvalue weighted by Gasteiger charge is 2.14. The molecule has 0 radical (unpaired) electrons. The molecule has 0 bridgehead atoms. The van der Waals surface area contributed by atoms with E-state index in [1.807, 2.05) is 71.9 Å². The molecule has 0 saturated heterocycles. The standard InChI is InChI=1S/C21H20FN3O.2C2H6/c1-14(2)21(22)16-9-11-18(12-10-16)26-13-17-7-3-5-15-6-4-8-19(20(15)17)24-25-23;2*1-2/h3-12,14,21H,13H2,1-2H3;2*1-2H3. The Bertz CT molecular complexity index is 943. The maximum Gasteiger partial charge on any atom is 0.127 e. The van der Waals surface area contributed by atoms with E-state index in [4.69, 9.17) is 10.3 Å². The summed E-state index contributed by atoms with van der Waals surface area (Å²) in [6.45, 7) is 12.0. The summed E-state index contributed by atoms with van der Waals surface area (Å²) in [6.07, 6.45) is -0.978. The van der Waals surface area contributed by atoms with E-state index in [1.54, 1.807) is 30.3 Å². The van der Waals surface area contributed by atoms with Gasteiger partial charge < -0.3 is 4.74 Å². The molecule has 160 valence electrons. The van der Waals surface area contributed by atoms with Gasteiger partial charge in [-0.15, -0.1) is 0 Å². The molecule has 0 amide bonds. The van der Waals surface area contributed by atoms with Gasteiger partial charge in [0, 0.05) is 10.6 Å². The predicted molar refractivity (Wildman–Crippen MR) is 125 cm³/mol. The molecule has 0 saturated carbocycles. The van der Waals surface area contributed by atoms with Crippen molar-refractivity contribution in [3.8, 4) is 5.75 Å². The van der Waals surface area contributed by atoms with Gasteiger partial charge in [-0.2, -0.15) is 0 Å². The molecule has 0 spiro atoms. The Balaban J connectivity index is 0.00000106. The van der Waals surface area contributed by atoms with Crippen LogP contribution in [0.3, 0.4) is 0 Å². The molecule has 1 unspecified atom stereocenters. The Morgan fingerprint density at radius 1 is 0.933 bits per heavy atom. The van der Waals surface area contributed by atoms with E-state index in [-0.39, 0.29) is 5.92 Å². The largest absolute Gasteiger partial charge is 0.489 e. The van der Waals surface area contributed by atoms with E-state index in [0.29, 0.717) is 23.6 Å². The Hall–Kier alpha value is -3.04. The summed E-state index contributed by atoms with van der Waals surface area (Å²) in [5.41, 5.74) is 11.0. The van der Waals surface area contributed by atoms with Crippen molar-refractivity contribution in [2.75, 3.05) is 0 Å². The number of halogens is 1. The average Bonchev–Trinajstić information content (AvgIpc) is 2.80. The quantitative estimate of drug-likeness (QED) is 0.227. The summed E-state index contributed by atoms with van der Waals surface area (Å²) in [5, 5.41) is 5.65. The van der Waals surface area contributed by atoms with Crippen molar-refractivity contribution < 1.29 is 9.13 Å². The van der Waals surface area contributed by atoms with Crippen LogP contribution in [0.4, 0.5) is 10.1 Å². The first-order chi connectivity index (χ1) is 14.6. The lowest BCUT2D eigenvalue weighted by atomic mass is 10.0. The second kappa shape index (κ2) is 13.2. The smallest absolute Gasteiger partial charge is 0.127 e. The Morgan fingerprint density at radius 2 is 1.53 bits per heavy atom. The molecule has 3 aromatic rings. The highest BCUT2D eigenvalue weighted by atomic mass is 19.1. The fraction of sp³-hybridized carbons (Fsp3) is 0.360. The number of ether oxygens (including phenoxy) is 1. The van der Waals surface area contributed by atoms with Crippen LogP contribution < -0.4 is 4.74 Å². The number of benzene rings is 3. The third-order valence-electron chi connectivity index (χ3n) is 4.30. The van der Waals surface area contributed by atoms with Gasteiger partial charge in [-0.05, 0) is 45.5 Å². The number of alkyl halides is 1. The summed E-state index contributed by atoms with van der Waals surface area (Å²) in [6, 6.07) is 18.6. The third-order valence-corrected chi connectivity index (χ3v) is 4.30. The Kier molecular flexibility index (Phi) is 11.0. The Labute approximate surface area is 179 Å². The fourth-order valence-corrected chi connectivity index (χ4v) is 2.94. The van der Waals surface area contributed by atoms with Gasteiger partial charge in [0.05, 0.1) is 0 Å². The third kappa shape index (κ3) is 6.50. The van der Waals surface area contributed by atoms with Crippen LogP contribution in [-0.2, 0) is 6.61 Å². The van der Waals surface area contributed by atoms with Gasteiger partial charge in [-0.3, -0.25) is 0 Å². The van der Waals surface area contributed by atoms with Crippen molar-refractivity contribution in [1.29, 1.82) is 0 Å². The van der Waals surface area contributed by atoms with Crippen LogP contribution in [0.5, 0.6) is 5.75 Å². The van der Waals surface area contributed by atoms with Crippen LogP contribution in [0.25, 0.3) is 21.2 Å². The Morgan fingerprint density at radius 3 is 2.10 bits per heavy atom. The summed E-state index contributed by atoms with van der Waals surface area (Å²) in [7, 11) is 0. The van der Waals surface area contributed by atoms with Crippen molar-refractivity contribution in [2.24, 2.45) is 11.0 Å². The van der Waals surface area contributed by atoms with Crippen LogP contribution in [0.1, 0.15) is 58.8 Å². The van der Waals surface area contributed by atoms with E-state index in [2.05, 4.69) is 10.0 Å². The van der Waals surface area contributed by atoms with Crippen LogP contribution in [0.15, 0.2) is 65.8 Å². The summed E-state index contributed by atoms with van der Waals surface area (Å²) >= 11 is 0. The second-order valence-corrected chi connectivity index (χ2v) is 6.49. The number of hydrogen-bond acceptors (Lipinski definition) is 2. The topological polar surface area (TPSA) is 58.0 Å². The minimum atomic E-state index is -0.978. The van der Waals surface area contributed by atoms with E-state index >= 15 is 0 Å². The minimum Gasteiger partial charge on any atom is -0.489 e. The van der Waals surface area contributed by atoms with Gasteiger partial charge in [-0.1, -0.05) is 95.2 Å². The van der Waals surface area contributed by atoms with Crippen LogP contribution in [0.2, 0.25) is 0 Å².